The zero-order chi connectivity index (χ0) is 22.2. The lowest BCUT2D eigenvalue weighted by atomic mass is 10.2. The molecule has 10 nitrogen and oxygen atoms in total. The van der Waals surface area contributed by atoms with Crippen molar-refractivity contribution >= 4 is 28.4 Å². The Labute approximate surface area is 184 Å². The highest BCUT2D eigenvalue weighted by Crippen LogP contribution is 2.16. The Morgan fingerprint density at radius 2 is 1.69 bits per heavy atom. The molecule has 0 atom stereocenters. The third-order valence-corrected chi connectivity index (χ3v) is 6.10. The lowest BCUT2D eigenvalue weighted by Gasteiger charge is -2.36. The average Bonchev–Trinajstić information content (AvgIpc) is 3.21. The summed E-state index contributed by atoms with van der Waals surface area (Å²) in [5, 5.41) is 3.35. The topological polar surface area (TPSA) is 92.7 Å². The van der Waals surface area contributed by atoms with Gasteiger partial charge >= 0.3 is 5.69 Å². The smallest absolute Gasteiger partial charge is 0.332 e. The maximum atomic E-state index is 12.6. The van der Waals surface area contributed by atoms with Gasteiger partial charge in [-0.25, -0.2) is 4.79 Å². The SMILES string of the molecule is Cn1c(=O)c2c(nc3nc(NCCN4CCN(c5ccccc5)CC4)ccn32)n(C)c1=O. The molecule has 166 valence electrons. The van der Waals surface area contributed by atoms with Crippen molar-refractivity contribution < 1.29 is 0 Å². The third-order valence-electron chi connectivity index (χ3n) is 6.10. The van der Waals surface area contributed by atoms with E-state index in [1.54, 1.807) is 17.6 Å². The molecule has 1 aliphatic heterocycles. The largest absolute Gasteiger partial charge is 0.369 e. The van der Waals surface area contributed by atoms with Gasteiger partial charge in [0.25, 0.3) is 5.56 Å². The third kappa shape index (κ3) is 3.52. The molecule has 0 spiro atoms. The molecule has 32 heavy (non-hydrogen) atoms. The second-order valence-corrected chi connectivity index (χ2v) is 8.06. The van der Waals surface area contributed by atoms with E-state index in [0.717, 1.165) is 43.8 Å². The predicted octanol–water partition coefficient (Wildman–Crippen LogP) is 0.514. The van der Waals surface area contributed by atoms with Crippen molar-refractivity contribution in [2.75, 3.05) is 49.5 Å². The average molecular weight is 435 g/mol. The number of benzene rings is 1. The Balaban J connectivity index is 1.24. The van der Waals surface area contributed by atoms with E-state index in [2.05, 4.69) is 49.4 Å². The van der Waals surface area contributed by atoms with Gasteiger partial charge in [-0.3, -0.25) is 23.2 Å². The summed E-state index contributed by atoms with van der Waals surface area (Å²) >= 11 is 0. The minimum Gasteiger partial charge on any atom is -0.369 e. The first-order chi connectivity index (χ1) is 15.5. The van der Waals surface area contributed by atoms with Crippen LogP contribution in [-0.2, 0) is 14.1 Å². The fraction of sp³-hybridized carbons (Fsp3) is 0.364. The van der Waals surface area contributed by atoms with E-state index in [9.17, 15) is 9.59 Å². The molecule has 0 aliphatic carbocycles. The number of rotatable bonds is 5. The maximum Gasteiger partial charge on any atom is 0.332 e. The first-order valence-corrected chi connectivity index (χ1v) is 10.7. The molecule has 5 rings (SSSR count). The van der Waals surface area contributed by atoms with E-state index in [0.29, 0.717) is 22.8 Å². The molecular weight excluding hydrogens is 408 g/mol. The monoisotopic (exact) mass is 434 g/mol. The fourth-order valence-electron chi connectivity index (χ4n) is 4.22. The van der Waals surface area contributed by atoms with E-state index in [4.69, 9.17) is 0 Å². The summed E-state index contributed by atoms with van der Waals surface area (Å²) in [5.74, 6) is 1.08. The van der Waals surface area contributed by atoms with E-state index >= 15 is 0 Å². The Morgan fingerprint density at radius 3 is 2.44 bits per heavy atom. The molecule has 1 aromatic carbocycles. The van der Waals surface area contributed by atoms with Crippen LogP contribution in [0.15, 0.2) is 52.2 Å². The zero-order valence-corrected chi connectivity index (χ0v) is 18.2. The molecule has 4 heterocycles. The van der Waals surface area contributed by atoms with Gasteiger partial charge in [0.05, 0.1) is 0 Å². The Kier molecular flexibility index (Phi) is 5.14. The molecule has 0 radical (unpaired) electrons. The van der Waals surface area contributed by atoms with Crippen LogP contribution in [0.4, 0.5) is 11.5 Å². The molecule has 3 aromatic heterocycles. The molecule has 1 aliphatic rings. The molecular formula is C22H26N8O2. The highest BCUT2D eigenvalue weighted by molar-refractivity contribution is 5.75. The summed E-state index contributed by atoms with van der Waals surface area (Å²) in [7, 11) is 3.07. The fourth-order valence-corrected chi connectivity index (χ4v) is 4.22. The van der Waals surface area contributed by atoms with Gasteiger partial charge in [0, 0.05) is 65.2 Å². The summed E-state index contributed by atoms with van der Waals surface area (Å²) in [6.07, 6.45) is 1.77. The molecule has 1 fully saturated rings. The summed E-state index contributed by atoms with van der Waals surface area (Å²) in [5.41, 5.74) is 1.17. The van der Waals surface area contributed by atoms with Gasteiger partial charge in [0.15, 0.2) is 11.2 Å². The minimum atomic E-state index is -0.406. The predicted molar refractivity (Wildman–Crippen MR) is 125 cm³/mol. The lowest BCUT2D eigenvalue weighted by molar-refractivity contribution is 0.267. The summed E-state index contributed by atoms with van der Waals surface area (Å²) in [6.45, 7) is 5.75. The van der Waals surface area contributed by atoms with E-state index in [-0.39, 0.29) is 5.56 Å². The Bertz CT molecular complexity index is 1380. The summed E-state index contributed by atoms with van der Waals surface area (Å²) in [6, 6.07) is 12.3. The Hall–Kier alpha value is -3.66. The van der Waals surface area contributed by atoms with Gasteiger partial charge in [-0.05, 0) is 18.2 Å². The van der Waals surface area contributed by atoms with Crippen LogP contribution in [0.5, 0.6) is 0 Å². The summed E-state index contributed by atoms with van der Waals surface area (Å²) in [4.78, 5) is 38.5. The number of imidazole rings is 1. The van der Waals surface area contributed by atoms with Crippen LogP contribution >= 0.6 is 0 Å². The molecule has 4 aromatic rings. The second kappa shape index (κ2) is 8.12. The number of fused-ring (bicyclic) bond motifs is 3. The molecule has 0 bridgehead atoms. The number of para-hydroxylation sites is 1. The summed E-state index contributed by atoms with van der Waals surface area (Å²) < 4.78 is 4.08. The number of aryl methyl sites for hydroxylation is 1. The van der Waals surface area contributed by atoms with Gasteiger partial charge < -0.3 is 10.2 Å². The lowest BCUT2D eigenvalue weighted by Crippen LogP contribution is -2.47. The standard InChI is InChI=1S/C22H26N8O2/c1-26-19-18(20(31)27(2)22(26)32)30-10-8-17(24-21(30)25-19)23-9-11-28-12-14-29(15-13-28)16-6-4-3-5-7-16/h3-8,10H,9,11-15H2,1-2H3,(H,23,24,25). The van der Waals surface area contributed by atoms with E-state index < -0.39 is 5.69 Å². The van der Waals surface area contributed by atoms with Crippen LogP contribution < -0.4 is 21.5 Å². The molecule has 0 saturated carbocycles. The quantitative estimate of drug-likeness (QED) is 0.489. The minimum absolute atomic E-state index is 0.332. The van der Waals surface area contributed by atoms with Crippen molar-refractivity contribution in [3.63, 3.8) is 0 Å². The van der Waals surface area contributed by atoms with Crippen molar-refractivity contribution in [2.24, 2.45) is 14.1 Å². The maximum absolute atomic E-state index is 12.6. The van der Waals surface area contributed by atoms with Crippen molar-refractivity contribution in [3.05, 3.63) is 63.4 Å². The van der Waals surface area contributed by atoms with Crippen LogP contribution in [-0.4, -0.2) is 67.7 Å². The molecule has 0 unspecified atom stereocenters. The first-order valence-electron chi connectivity index (χ1n) is 10.7. The van der Waals surface area contributed by atoms with Crippen molar-refractivity contribution in [3.8, 4) is 0 Å². The number of aromatic nitrogens is 5. The highest BCUT2D eigenvalue weighted by Gasteiger charge is 2.18. The van der Waals surface area contributed by atoms with Crippen molar-refractivity contribution in [2.45, 2.75) is 0 Å². The van der Waals surface area contributed by atoms with Crippen LogP contribution in [0.3, 0.4) is 0 Å². The zero-order valence-electron chi connectivity index (χ0n) is 18.2. The van der Waals surface area contributed by atoms with Crippen LogP contribution in [0.2, 0.25) is 0 Å². The molecule has 1 N–H and O–H groups in total. The van der Waals surface area contributed by atoms with Gasteiger partial charge in [0.2, 0.25) is 5.78 Å². The number of hydrogen-bond acceptors (Lipinski definition) is 7. The van der Waals surface area contributed by atoms with Gasteiger partial charge in [-0.15, -0.1) is 0 Å². The van der Waals surface area contributed by atoms with Crippen LogP contribution in [0.25, 0.3) is 16.9 Å². The van der Waals surface area contributed by atoms with Crippen molar-refractivity contribution in [1.29, 1.82) is 0 Å². The second-order valence-electron chi connectivity index (χ2n) is 8.06. The highest BCUT2D eigenvalue weighted by atomic mass is 16.2. The number of hydrogen-bond donors (Lipinski definition) is 1. The molecule has 1 saturated heterocycles. The van der Waals surface area contributed by atoms with E-state index in [1.165, 1.54) is 17.3 Å². The number of nitrogens with zero attached hydrogens (tertiary/aromatic N) is 7. The van der Waals surface area contributed by atoms with Crippen molar-refractivity contribution in [1.82, 2.24) is 28.4 Å². The van der Waals surface area contributed by atoms with Gasteiger partial charge in [-0.2, -0.15) is 9.97 Å². The van der Waals surface area contributed by atoms with Crippen LogP contribution in [0, 0.1) is 0 Å². The van der Waals surface area contributed by atoms with Gasteiger partial charge in [0.1, 0.15) is 5.82 Å². The molecule has 0 amide bonds. The van der Waals surface area contributed by atoms with Gasteiger partial charge in [-0.1, -0.05) is 18.2 Å². The first kappa shape index (κ1) is 20.3. The molecule has 10 heteroatoms. The van der Waals surface area contributed by atoms with Crippen LogP contribution in [0.1, 0.15) is 0 Å². The Morgan fingerprint density at radius 1 is 0.938 bits per heavy atom. The normalized spacial score (nSPS) is 15.0. The number of anilines is 2. The van der Waals surface area contributed by atoms with E-state index in [1.807, 2.05) is 12.1 Å². The number of piperazine rings is 1. The number of nitrogens with one attached hydrogen (secondary N) is 1.